The fraction of sp³-hybridized carbons (Fsp3) is 0.333. The van der Waals surface area contributed by atoms with Gasteiger partial charge in [-0.25, -0.2) is 14.4 Å². The van der Waals surface area contributed by atoms with Crippen LogP contribution in [0.1, 0.15) is 30.6 Å². The van der Waals surface area contributed by atoms with Crippen LogP contribution >= 0.6 is 22.7 Å². The second kappa shape index (κ2) is 7.06. The minimum Gasteiger partial charge on any atom is -0.352 e. The van der Waals surface area contributed by atoms with Crippen LogP contribution in [-0.2, 0) is 0 Å². The molecule has 0 amide bonds. The largest absolute Gasteiger partial charge is 0.352 e. The highest BCUT2D eigenvalue weighted by molar-refractivity contribution is 7.18. The zero-order valence-electron chi connectivity index (χ0n) is 15.8. The molecular weight excluding hydrogens is 391 g/mol. The van der Waals surface area contributed by atoms with Gasteiger partial charge in [-0.2, -0.15) is 0 Å². The summed E-state index contributed by atoms with van der Waals surface area (Å²) in [5, 5.41) is 4.34. The van der Waals surface area contributed by atoms with Gasteiger partial charge >= 0.3 is 0 Å². The number of piperidine rings is 1. The average Bonchev–Trinajstić information content (AvgIpc) is 3.34. The highest BCUT2D eigenvalue weighted by Gasteiger charge is 2.28. The maximum atomic E-state index is 14.8. The van der Waals surface area contributed by atoms with Gasteiger partial charge in [-0.3, -0.25) is 0 Å². The zero-order chi connectivity index (χ0) is 19.3. The van der Waals surface area contributed by atoms with Crippen LogP contribution in [0.25, 0.3) is 20.4 Å². The van der Waals surface area contributed by atoms with E-state index in [0.717, 1.165) is 27.1 Å². The summed E-state index contributed by atoms with van der Waals surface area (Å²) in [5.74, 6) is 0.218. The Balaban J connectivity index is 1.53. The first-order valence-corrected chi connectivity index (χ1v) is 11.2. The van der Waals surface area contributed by atoms with E-state index in [-0.39, 0.29) is 5.82 Å². The van der Waals surface area contributed by atoms with E-state index in [0.29, 0.717) is 23.2 Å². The Morgan fingerprint density at radius 1 is 1.21 bits per heavy atom. The van der Waals surface area contributed by atoms with Crippen molar-refractivity contribution in [2.75, 3.05) is 18.9 Å². The molecule has 1 aliphatic heterocycles. The summed E-state index contributed by atoms with van der Waals surface area (Å²) in [7, 11) is 2.20. The van der Waals surface area contributed by atoms with Gasteiger partial charge in [-0.1, -0.05) is 0 Å². The van der Waals surface area contributed by atoms with Crippen molar-refractivity contribution in [2.45, 2.75) is 31.7 Å². The summed E-state index contributed by atoms with van der Waals surface area (Å²) in [6.07, 6.45) is 4.22. The molecule has 1 N–H and O–H groups in total. The molecule has 0 saturated carbocycles. The van der Waals surface area contributed by atoms with E-state index in [2.05, 4.69) is 40.2 Å². The fourth-order valence-corrected chi connectivity index (χ4v) is 6.01. The highest BCUT2D eigenvalue weighted by atomic mass is 32.1. The van der Waals surface area contributed by atoms with E-state index >= 15 is 0 Å². The molecule has 5 rings (SSSR count). The predicted octanol–water partition coefficient (Wildman–Crippen LogP) is 5.99. The van der Waals surface area contributed by atoms with Crippen molar-refractivity contribution in [1.29, 1.82) is 0 Å². The lowest BCUT2D eigenvalue weighted by atomic mass is 9.89. The molecule has 0 unspecified atom stereocenters. The van der Waals surface area contributed by atoms with Crippen molar-refractivity contribution >= 4 is 54.5 Å². The Kier molecular flexibility index (Phi) is 4.53. The van der Waals surface area contributed by atoms with Gasteiger partial charge in [0, 0.05) is 28.4 Å². The molecule has 0 spiro atoms. The van der Waals surface area contributed by atoms with Crippen LogP contribution in [0.4, 0.5) is 15.8 Å². The van der Waals surface area contributed by atoms with Gasteiger partial charge < -0.3 is 10.2 Å². The Morgan fingerprint density at radius 3 is 3.00 bits per heavy atom. The van der Waals surface area contributed by atoms with E-state index in [9.17, 15) is 4.39 Å². The standard InChI is InChI=1S/C21H21FN4S2/c1-12-13(4-3-9-26(12)2)18-10-14-15(7-8-23-21(14)28-18)25-16-5-6-17-20(19(16)22)24-11-27-17/h5-8,10-13H,3-4,9H2,1-2H3,(H,23,25)/t12-,13-/m0/s1. The Morgan fingerprint density at radius 2 is 2.11 bits per heavy atom. The molecule has 4 nitrogen and oxygen atoms in total. The van der Waals surface area contributed by atoms with Gasteiger partial charge in [-0.05, 0) is 57.6 Å². The van der Waals surface area contributed by atoms with Crippen LogP contribution in [0.3, 0.4) is 0 Å². The Hall–Kier alpha value is -2.09. The molecule has 0 radical (unpaired) electrons. The predicted molar refractivity (Wildman–Crippen MR) is 117 cm³/mol. The zero-order valence-corrected chi connectivity index (χ0v) is 17.4. The molecule has 0 bridgehead atoms. The topological polar surface area (TPSA) is 41.1 Å². The number of hydrogen-bond acceptors (Lipinski definition) is 6. The van der Waals surface area contributed by atoms with E-state index in [1.54, 1.807) is 29.1 Å². The third-order valence-corrected chi connectivity index (χ3v) is 7.80. The quantitative estimate of drug-likeness (QED) is 0.449. The number of nitrogens with one attached hydrogen (secondary N) is 1. The first-order chi connectivity index (χ1) is 13.6. The van der Waals surface area contributed by atoms with Gasteiger partial charge in [-0.15, -0.1) is 22.7 Å². The third-order valence-electron chi connectivity index (χ3n) is 5.83. The van der Waals surface area contributed by atoms with E-state index in [4.69, 9.17) is 0 Å². The number of aromatic nitrogens is 2. The lowest BCUT2D eigenvalue weighted by Gasteiger charge is -2.36. The van der Waals surface area contributed by atoms with E-state index in [1.807, 2.05) is 12.1 Å². The number of rotatable bonds is 3. The Bertz CT molecular complexity index is 1150. The molecule has 0 aliphatic carbocycles. The summed E-state index contributed by atoms with van der Waals surface area (Å²) in [4.78, 5) is 13.5. The van der Waals surface area contributed by atoms with Gasteiger partial charge in [0.1, 0.15) is 10.3 Å². The molecule has 4 aromatic rings. The smallest absolute Gasteiger partial charge is 0.173 e. The van der Waals surface area contributed by atoms with Crippen LogP contribution in [0.2, 0.25) is 0 Å². The van der Waals surface area contributed by atoms with E-state index < -0.39 is 0 Å². The van der Waals surface area contributed by atoms with Gasteiger partial charge in [0.25, 0.3) is 0 Å². The van der Waals surface area contributed by atoms with Crippen molar-refractivity contribution in [1.82, 2.24) is 14.9 Å². The van der Waals surface area contributed by atoms with E-state index in [1.165, 1.54) is 29.1 Å². The molecule has 144 valence electrons. The second-order valence-electron chi connectivity index (χ2n) is 7.45. The second-order valence-corrected chi connectivity index (χ2v) is 9.40. The Labute approximate surface area is 171 Å². The summed E-state index contributed by atoms with van der Waals surface area (Å²) < 4.78 is 15.7. The van der Waals surface area contributed by atoms with Crippen LogP contribution in [0.5, 0.6) is 0 Å². The number of thiazole rings is 1. The molecule has 1 aliphatic rings. The van der Waals surface area contributed by atoms with Gasteiger partial charge in [0.2, 0.25) is 0 Å². The minimum atomic E-state index is -0.304. The van der Waals surface area contributed by atoms with Gasteiger partial charge in [0.15, 0.2) is 5.82 Å². The summed E-state index contributed by atoms with van der Waals surface area (Å²) in [6.45, 7) is 3.46. The number of halogens is 1. The van der Waals surface area contributed by atoms with Crippen LogP contribution in [0.15, 0.2) is 36.0 Å². The number of likely N-dealkylation sites (N-methyl/N-ethyl adjacent to an activating group) is 1. The molecular formula is C21H21FN4S2. The minimum absolute atomic E-state index is 0.304. The lowest BCUT2D eigenvalue weighted by molar-refractivity contribution is 0.176. The monoisotopic (exact) mass is 412 g/mol. The number of likely N-dealkylation sites (tertiary alicyclic amines) is 1. The molecule has 1 aromatic carbocycles. The van der Waals surface area contributed by atoms with Crippen LogP contribution < -0.4 is 5.32 Å². The molecule has 7 heteroatoms. The first kappa shape index (κ1) is 18.0. The molecule has 2 atom stereocenters. The number of fused-ring (bicyclic) bond motifs is 2. The fourth-order valence-electron chi connectivity index (χ4n) is 4.08. The number of thiophene rings is 1. The maximum Gasteiger partial charge on any atom is 0.173 e. The molecule has 28 heavy (non-hydrogen) atoms. The summed E-state index contributed by atoms with van der Waals surface area (Å²) in [6, 6.07) is 8.38. The lowest BCUT2D eigenvalue weighted by Crippen LogP contribution is -2.38. The van der Waals surface area contributed by atoms with Crippen molar-refractivity contribution < 1.29 is 4.39 Å². The highest BCUT2D eigenvalue weighted by Crippen LogP contribution is 2.40. The molecule has 4 heterocycles. The molecule has 3 aromatic heterocycles. The van der Waals surface area contributed by atoms with Crippen LogP contribution in [0, 0.1) is 5.82 Å². The first-order valence-electron chi connectivity index (χ1n) is 9.49. The number of benzene rings is 1. The molecule has 1 saturated heterocycles. The number of pyridine rings is 1. The number of nitrogens with zero attached hydrogens (tertiary/aromatic N) is 3. The van der Waals surface area contributed by atoms with Crippen molar-refractivity contribution in [3.05, 3.63) is 46.7 Å². The average molecular weight is 413 g/mol. The van der Waals surface area contributed by atoms with Crippen molar-refractivity contribution in [3.63, 3.8) is 0 Å². The SMILES string of the molecule is C[C@H]1[C@@H](c2cc3c(Nc4ccc5scnc5c4F)ccnc3s2)CCCN1C. The molecule has 1 fully saturated rings. The van der Waals surface area contributed by atoms with Crippen molar-refractivity contribution in [3.8, 4) is 0 Å². The number of anilines is 2. The normalized spacial score (nSPS) is 20.8. The van der Waals surface area contributed by atoms with Crippen molar-refractivity contribution in [2.24, 2.45) is 0 Å². The number of hydrogen-bond donors (Lipinski definition) is 1. The maximum absolute atomic E-state index is 14.8. The van der Waals surface area contributed by atoms with Gasteiger partial charge in [0.05, 0.1) is 21.6 Å². The summed E-state index contributed by atoms with van der Waals surface area (Å²) >= 11 is 3.21. The summed E-state index contributed by atoms with van der Waals surface area (Å²) in [5.41, 5.74) is 3.43. The van der Waals surface area contributed by atoms with Crippen LogP contribution in [-0.4, -0.2) is 34.5 Å². The third kappa shape index (κ3) is 2.98.